The Bertz CT molecular complexity index is 336. The summed E-state index contributed by atoms with van der Waals surface area (Å²) in [5.74, 6) is 2.15. The van der Waals surface area contributed by atoms with Crippen LogP contribution < -0.4 is 5.32 Å². The standard InChI is InChI=1S/C12H21N3O2/c1-3-6-16-8-11-14-12(17-15-11)7-10(13-2)9-4-5-9/h9-10,13H,3-8H2,1-2H3. The molecular formula is C12H21N3O2. The molecule has 1 aliphatic rings. The van der Waals surface area contributed by atoms with Gasteiger partial charge in [-0.15, -0.1) is 0 Å². The molecule has 2 rings (SSSR count). The number of aromatic nitrogens is 2. The smallest absolute Gasteiger partial charge is 0.228 e. The van der Waals surface area contributed by atoms with Gasteiger partial charge in [0, 0.05) is 19.1 Å². The second-order valence-corrected chi connectivity index (χ2v) is 4.59. The number of hydrogen-bond acceptors (Lipinski definition) is 5. The average molecular weight is 239 g/mol. The number of hydrogen-bond donors (Lipinski definition) is 1. The van der Waals surface area contributed by atoms with Gasteiger partial charge >= 0.3 is 0 Å². The second kappa shape index (κ2) is 6.12. The third-order valence-corrected chi connectivity index (χ3v) is 3.05. The van der Waals surface area contributed by atoms with Crippen molar-refractivity contribution in [3.05, 3.63) is 11.7 Å². The van der Waals surface area contributed by atoms with Crippen LogP contribution in [0.2, 0.25) is 0 Å². The van der Waals surface area contributed by atoms with Crippen LogP contribution in [0, 0.1) is 5.92 Å². The van der Waals surface area contributed by atoms with Crippen molar-refractivity contribution >= 4 is 0 Å². The van der Waals surface area contributed by atoms with Crippen LogP contribution in [0.3, 0.4) is 0 Å². The van der Waals surface area contributed by atoms with Gasteiger partial charge < -0.3 is 14.6 Å². The van der Waals surface area contributed by atoms with E-state index in [1.807, 2.05) is 7.05 Å². The molecule has 5 nitrogen and oxygen atoms in total. The molecule has 1 aliphatic carbocycles. The van der Waals surface area contributed by atoms with E-state index in [-0.39, 0.29) is 0 Å². The Morgan fingerprint density at radius 2 is 2.35 bits per heavy atom. The zero-order chi connectivity index (χ0) is 12.1. The van der Waals surface area contributed by atoms with E-state index < -0.39 is 0 Å². The number of nitrogens with zero attached hydrogens (tertiary/aromatic N) is 2. The van der Waals surface area contributed by atoms with Gasteiger partial charge in [-0.25, -0.2) is 0 Å². The maximum Gasteiger partial charge on any atom is 0.228 e. The van der Waals surface area contributed by atoms with E-state index in [9.17, 15) is 0 Å². The fourth-order valence-electron chi connectivity index (χ4n) is 1.93. The molecule has 96 valence electrons. The van der Waals surface area contributed by atoms with Gasteiger partial charge in [0.1, 0.15) is 6.61 Å². The lowest BCUT2D eigenvalue weighted by Gasteiger charge is -2.11. The van der Waals surface area contributed by atoms with Gasteiger partial charge in [0.15, 0.2) is 5.82 Å². The maximum atomic E-state index is 5.37. The van der Waals surface area contributed by atoms with Crippen molar-refractivity contribution in [1.82, 2.24) is 15.5 Å². The number of likely N-dealkylation sites (N-methyl/N-ethyl adjacent to an activating group) is 1. The highest BCUT2D eigenvalue weighted by Gasteiger charge is 2.31. The van der Waals surface area contributed by atoms with E-state index >= 15 is 0 Å². The molecule has 0 bridgehead atoms. The molecule has 1 fully saturated rings. The highest BCUT2D eigenvalue weighted by Crippen LogP contribution is 2.33. The second-order valence-electron chi connectivity index (χ2n) is 4.59. The maximum absolute atomic E-state index is 5.37. The quantitative estimate of drug-likeness (QED) is 0.697. The molecular weight excluding hydrogens is 218 g/mol. The molecule has 0 amide bonds. The molecule has 0 radical (unpaired) electrons. The number of rotatable bonds is 8. The molecule has 5 heteroatoms. The van der Waals surface area contributed by atoms with E-state index in [1.54, 1.807) is 0 Å². The van der Waals surface area contributed by atoms with Crippen molar-refractivity contribution in [3.8, 4) is 0 Å². The first-order valence-electron chi connectivity index (χ1n) is 6.40. The van der Waals surface area contributed by atoms with Crippen LogP contribution in [0.5, 0.6) is 0 Å². The average Bonchev–Trinajstić information content (AvgIpc) is 3.08. The van der Waals surface area contributed by atoms with Gasteiger partial charge in [0.05, 0.1) is 0 Å². The van der Waals surface area contributed by atoms with Crippen molar-refractivity contribution in [2.45, 2.75) is 45.3 Å². The lowest BCUT2D eigenvalue weighted by atomic mass is 10.1. The first-order chi connectivity index (χ1) is 8.33. The van der Waals surface area contributed by atoms with Gasteiger partial charge in [-0.3, -0.25) is 0 Å². The minimum absolute atomic E-state index is 0.449. The Kier molecular flexibility index (Phi) is 4.50. The zero-order valence-corrected chi connectivity index (χ0v) is 10.6. The Hall–Kier alpha value is -0.940. The molecule has 0 saturated heterocycles. The van der Waals surface area contributed by atoms with Crippen LogP contribution in [0.1, 0.15) is 37.9 Å². The van der Waals surface area contributed by atoms with E-state index in [0.29, 0.717) is 24.4 Å². The molecule has 1 atom stereocenters. The number of ether oxygens (including phenoxy) is 1. The predicted molar refractivity (Wildman–Crippen MR) is 63.5 cm³/mol. The third kappa shape index (κ3) is 3.78. The van der Waals surface area contributed by atoms with Crippen LogP contribution in [-0.4, -0.2) is 29.8 Å². The van der Waals surface area contributed by atoms with Gasteiger partial charge in [-0.1, -0.05) is 12.1 Å². The molecule has 1 saturated carbocycles. The highest BCUT2D eigenvalue weighted by molar-refractivity contribution is 4.94. The molecule has 0 spiro atoms. The summed E-state index contributed by atoms with van der Waals surface area (Å²) in [5.41, 5.74) is 0. The summed E-state index contributed by atoms with van der Waals surface area (Å²) in [7, 11) is 1.99. The summed E-state index contributed by atoms with van der Waals surface area (Å²) < 4.78 is 10.6. The molecule has 1 unspecified atom stereocenters. The summed E-state index contributed by atoms with van der Waals surface area (Å²) in [6.07, 6.45) is 4.45. The Labute approximate surface area is 102 Å². The molecule has 1 heterocycles. The Morgan fingerprint density at radius 1 is 1.53 bits per heavy atom. The minimum Gasteiger partial charge on any atom is -0.373 e. The van der Waals surface area contributed by atoms with Crippen LogP contribution in [0.25, 0.3) is 0 Å². The normalized spacial score (nSPS) is 17.3. The van der Waals surface area contributed by atoms with Crippen LogP contribution >= 0.6 is 0 Å². The SMILES string of the molecule is CCCOCc1noc(CC(NC)C2CC2)n1. The molecule has 1 N–H and O–H groups in total. The zero-order valence-electron chi connectivity index (χ0n) is 10.6. The number of nitrogens with one attached hydrogen (secondary N) is 1. The summed E-state index contributed by atoms with van der Waals surface area (Å²) in [5, 5.41) is 7.23. The largest absolute Gasteiger partial charge is 0.373 e. The van der Waals surface area contributed by atoms with Crippen molar-refractivity contribution in [2.24, 2.45) is 5.92 Å². The summed E-state index contributed by atoms with van der Waals surface area (Å²) in [4.78, 5) is 4.34. The fourth-order valence-corrected chi connectivity index (χ4v) is 1.93. The first kappa shape index (κ1) is 12.5. The minimum atomic E-state index is 0.449. The molecule has 0 aromatic carbocycles. The molecule has 1 aromatic heterocycles. The van der Waals surface area contributed by atoms with E-state index in [0.717, 1.165) is 25.4 Å². The van der Waals surface area contributed by atoms with Crippen LogP contribution in [0.4, 0.5) is 0 Å². The van der Waals surface area contributed by atoms with Crippen LogP contribution in [-0.2, 0) is 17.8 Å². The Morgan fingerprint density at radius 3 is 3.00 bits per heavy atom. The van der Waals surface area contributed by atoms with Crippen molar-refractivity contribution in [1.29, 1.82) is 0 Å². The monoisotopic (exact) mass is 239 g/mol. The summed E-state index contributed by atoms with van der Waals surface area (Å²) in [6.45, 7) is 3.27. The van der Waals surface area contributed by atoms with Crippen molar-refractivity contribution < 1.29 is 9.26 Å². The lowest BCUT2D eigenvalue weighted by molar-refractivity contribution is 0.114. The van der Waals surface area contributed by atoms with E-state index in [1.165, 1.54) is 12.8 Å². The first-order valence-corrected chi connectivity index (χ1v) is 6.40. The van der Waals surface area contributed by atoms with Crippen molar-refractivity contribution in [2.75, 3.05) is 13.7 Å². The lowest BCUT2D eigenvalue weighted by Crippen LogP contribution is -2.29. The van der Waals surface area contributed by atoms with E-state index in [2.05, 4.69) is 22.4 Å². The third-order valence-electron chi connectivity index (χ3n) is 3.05. The molecule has 0 aliphatic heterocycles. The predicted octanol–water partition coefficient (Wildman–Crippen LogP) is 1.54. The summed E-state index contributed by atoms with van der Waals surface area (Å²) in [6, 6.07) is 0.472. The van der Waals surface area contributed by atoms with Gasteiger partial charge in [-0.05, 0) is 32.2 Å². The highest BCUT2D eigenvalue weighted by atomic mass is 16.5. The van der Waals surface area contributed by atoms with Gasteiger partial charge in [-0.2, -0.15) is 4.98 Å². The fraction of sp³-hybridized carbons (Fsp3) is 0.833. The molecule has 17 heavy (non-hydrogen) atoms. The van der Waals surface area contributed by atoms with Crippen LogP contribution in [0.15, 0.2) is 4.52 Å². The molecule has 1 aromatic rings. The Balaban J connectivity index is 1.80. The summed E-state index contributed by atoms with van der Waals surface area (Å²) >= 11 is 0. The van der Waals surface area contributed by atoms with Gasteiger partial charge in [0.2, 0.25) is 5.89 Å². The van der Waals surface area contributed by atoms with Crippen molar-refractivity contribution in [3.63, 3.8) is 0 Å². The topological polar surface area (TPSA) is 60.2 Å². The van der Waals surface area contributed by atoms with Gasteiger partial charge in [0.25, 0.3) is 0 Å². The van der Waals surface area contributed by atoms with E-state index in [4.69, 9.17) is 9.26 Å².